The molecule has 2 amide bonds. The second kappa shape index (κ2) is 15.7. The van der Waals surface area contributed by atoms with Crippen molar-refractivity contribution in [2.24, 2.45) is 0 Å². The van der Waals surface area contributed by atoms with Crippen LogP contribution in [0, 0.1) is 17.0 Å². The summed E-state index contributed by atoms with van der Waals surface area (Å²) in [6.45, 7) is 5.42. The minimum absolute atomic E-state index is 0.134. The fourth-order valence-electron chi connectivity index (χ4n) is 4.32. The zero-order valence-corrected chi connectivity index (χ0v) is 24.8. The van der Waals surface area contributed by atoms with Gasteiger partial charge < -0.3 is 24.0 Å². The predicted molar refractivity (Wildman–Crippen MR) is 158 cm³/mol. The Bertz CT molecular complexity index is 1310. The maximum Gasteiger partial charge on any atom is 0.273 e. The minimum Gasteiger partial charge on any atom is -0.493 e. The van der Waals surface area contributed by atoms with Gasteiger partial charge in [-0.1, -0.05) is 18.2 Å². The van der Waals surface area contributed by atoms with Gasteiger partial charge in [0.25, 0.3) is 11.6 Å². The first-order valence-corrected chi connectivity index (χ1v) is 14.3. The molecule has 0 saturated heterocycles. The lowest BCUT2D eigenvalue weighted by molar-refractivity contribution is -0.385. The van der Waals surface area contributed by atoms with Crippen molar-refractivity contribution in [3.05, 3.63) is 85.6 Å². The fourth-order valence-corrected chi connectivity index (χ4v) is 5.04. The standard InChI is InChI=1S/C30H37N3O7S/c1-5-40-16-7-14-32(30(35)24-11-9-22(2)26(19-24)33(36)37)21-29(34)31(20-25-8-6-17-41-25)15-13-23-10-12-27(38-3)28(18-23)39-4/h6,8-12,17-19H,5,7,13-16,20-21H2,1-4H3. The molecule has 1 aromatic heterocycles. The first kappa shape index (κ1) is 31.6. The van der Waals surface area contributed by atoms with E-state index in [1.165, 1.54) is 11.0 Å². The Kier molecular flexibility index (Phi) is 12.1. The van der Waals surface area contributed by atoms with Crippen LogP contribution in [0.15, 0.2) is 53.9 Å². The summed E-state index contributed by atoms with van der Waals surface area (Å²) >= 11 is 1.56. The molecule has 0 aliphatic carbocycles. The lowest BCUT2D eigenvalue weighted by Gasteiger charge is -2.28. The molecule has 3 rings (SSSR count). The van der Waals surface area contributed by atoms with E-state index in [-0.39, 0.29) is 30.2 Å². The maximum atomic E-state index is 13.7. The largest absolute Gasteiger partial charge is 0.493 e. The Morgan fingerprint density at radius 1 is 1.00 bits per heavy atom. The van der Waals surface area contributed by atoms with E-state index in [4.69, 9.17) is 14.2 Å². The molecule has 41 heavy (non-hydrogen) atoms. The van der Waals surface area contributed by atoms with Gasteiger partial charge in [-0.15, -0.1) is 11.3 Å². The van der Waals surface area contributed by atoms with Crippen LogP contribution in [0.25, 0.3) is 0 Å². The van der Waals surface area contributed by atoms with Crippen LogP contribution in [-0.2, 0) is 22.5 Å². The number of carbonyl (C=O) groups is 2. The summed E-state index contributed by atoms with van der Waals surface area (Å²) in [5.41, 5.74) is 1.47. The number of methoxy groups -OCH3 is 2. The zero-order chi connectivity index (χ0) is 29.8. The van der Waals surface area contributed by atoms with Crippen LogP contribution < -0.4 is 9.47 Å². The number of amides is 2. The third-order valence-electron chi connectivity index (χ3n) is 6.58. The highest BCUT2D eigenvalue weighted by molar-refractivity contribution is 7.09. The number of carbonyl (C=O) groups excluding carboxylic acids is 2. The summed E-state index contributed by atoms with van der Waals surface area (Å²) in [7, 11) is 3.16. The Balaban J connectivity index is 1.82. The van der Waals surface area contributed by atoms with Gasteiger partial charge in [0.1, 0.15) is 6.54 Å². The summed E-state index contributed by atoms with van der Waals surface area (Å²) < 4.78 is 16.2. The molecule has 10 nitrogen and oxygen atoms in total. The number of nitro groups is 1. The van der Waals surface area contributed by atoms with Crippen LogP contribution in [0.1, 0.15) is 39.7 Å². The lowest BCUT2D eigenvalue weighted by atomic mass is 10.1. The molecule has 220 valence electrons. The van der Waals surface area contributed by atoms with E-state index in [2.05, 4.69) is 0 Å². The highest BCUT2D eigenvalue weighted by Crippen LogP contribution is 2.28. The number of ether oxygens (including phenoxy) is 3. The van der Waals surface area contributed by atoms with E-state index in [1.807, 2.05) is 42.6 Å². The molecule has 0 aliphatic rings. The highest BCUT2D eigenvalue weighted by Gasteiger charge is 2.24. The van der Waals surface area contributed by atoms with E-state index in [0.717, 1.165) is 10.4 Å². The fraction of sp³-hybridized carbons (Fsp3) is 0.400. The van der Waals surface area contributed by atoms with Crippen molar-refractivity contribution in [3.63, 3.8) is 0 Å². The van der Waals surface area contributed by atoms with Crippen LogP contribution in [0.2, 0.25) is 0 Å². The summed E-state index contributed by atoms with van der Waals surface area (Å²) in [5, 5.41) is 13.4. The Labute approximate surface area is 244 Å². The molecule has 0 atom stereocenters. The van der Waals surface area contributed by atoms with Crippen LogP contribution >= 0.6 is 11.3 Å². The molecular weight excluding hydrogens is 546 g/mol. The Hall–Kier alpha value is -3.96. The van der Waals surface area contributed by atoms with Crippen LogP contribution in [0.5, 0.6) is 11.5 Å². The Morgan fingerprint density at radius 3 is 2.44 bits per heavy atom. The SMILES string of the molecule is CCOCCCN(CC(=O)N(CCc1ccc(OC)c(OC)c1)Cc1cccs1)C(=O)c1ccc(C)c([N+](=O)[O-])c1. The highest BCUT2D eigenvalue weighted by atomic mass is 32.1. The number of hydrogen-bond acceptors (Lipinski definition) is 8. The molecular formula is C30H37N3O7S. The molecule has 11 heteroatoms. The second-order valence-corrected chi connectivity index (χ2v) is 10.4. The molecule has 1 heterocycles. The van der Waals surface area contributed by atoms with Gasteiger partial charge in [-0.25, -0.2) is 0 Å². The molecule has 0 bridgehead atoms. The van der Waals surface area contributed by atoms with E-state index in [9.17, 15) is 19.7 Å². The summed E-state index contributed by atoms with van der Waals surface area (Å²) in [6.07, 6.45) is 1.09. The third kappa shape index (κ3) is 9.02. The van der Waals surface area contributed by atoms with Gasteiger partial charge in [-0.3, -0.25) is 19.7 Å². The van der Waals surface area contributed by atoms with Gasteiger partial charge in [0.2, 0.25) is 5.91 Å². The first-order chi connectivity index (χ1) is 19.8. The number of nitro benzene ring substituents is 1. The van der Waals surface area contributed by atoms with Gasteiger partial charge >= 0.3 is 0 Å². The summed E-state index contributed by atoms with van der Waals surface area (Å²) in [4.78, 5) is 42.5. The minimum atomic E-state index is -0.506. The van der Waals surface area contributed by atoms with E-state index in [1.54, 1.807) is 49.5 Å². The Morgan fingerprint density at radius 2 is 1.78 bits per heavy atom. The topological polar surface area (TPSA) is 111 Å². The molecule has 3 aromatic rings. The summed E-state index contributed by atoms with van der Waals surface area (Å²) in [5.74, 6) is 0.582. The van der Waals surface area contributed by atoms with Crippen LogP contribution in [0.3, 0.4) is 0 Å². The predicted octanol–water partition coefficient (Wildman–Crippen LogP) is 5.12. The molecule has 0 saturated carbocycles. The number of aryl methyl sites for hydroxylation is 1. The van der Waals surface area contributed by atoms with Gasteiger partial charge in [-0.2, -0.15) is 0 Å². The number of rotatable bonds is 16. The van der Waals surface area contributed by atoms with Crippen molar-refractivity contribution in [2.45, 2.75) is 33.2 Å². The zero-order valence-electron chi connectivity index (χ0n) is 24.0. The molecule has 0 radical (unpaired) electrons. The van der Waals surface area contributed by atoms with E-state index < -0.39 is 10.8 Å². The molecule has 0 spiro atoms. The van der Waals surface area contributed by atoms with Crippen molar-refractivity contribution in [2.75, 3.05) is 47.1 Å². The van der Waals surface area contributed by atoms with Crippen molar-refractivity contribution in [3.8, 4) is 11.5 Å². The number of nitrogens with zero attached hydrogens (tertiary/aromatic N) is 3. The van der Waals surface area contributed by atoms with Gasteiger partial charge in [0.05, 0.1) is 25.7 Å². The normalized spacial score (nSPS) is 10.7. The van der Waals surface area contributed by atoms with Crippen molar-refractivity contribution < 1.29 is 28.7 Å². The maximum absolute atomic E-state index is 13.7. The second-order valence-electron chi connectivity index (χ2n) is 9.37. The van der Waals surface area contributed by atoms with Crippen molar-refractivity contribution in [1.82, 2.24) is 9.80 Å². The van der Waals surface area contributed by atoms with Gasteiger partial charge in [0.15, 0.2) is 11.5 Å². The smallest absolute Gasteiger partial charge is 0.273 e. The molecule has 2 aromatic carbocycles. The number of benzene rings is 2. The quantitative estimate of drug-likeness (QED) is 0.131. The summed E-state index contributed by atoms with van der Waals surface area (Å²) in [6, 6.07) is 14.0. The van der Waals surface area contributed by atoms with Crippen molar-refractivity contribution in [1.29, 1.82) is 0 Å². The van der Waals surface area contributed by atoms with Crippen molar-refractivity contribution >= 4 is 28.8 Å². The molecule has 0 N–H and O–H groups in total. The monoisotopic (exact) mass is 583 g/mol. The molecule has 0 fully saturated rings. The lowest BCUT2D eigenvalue weighted by Crippen LogP contribution is -2.44. The molecule has 0 unspecified atom stereocenters. The van der Waals surface area contributed by atoms with Crippen LogP contribution in [0.4, 0.5) is 5.69 Å². The van der Waals surface area contributed by atoms with E-state index in [0.29, 0.717) is 56.2 Å². The number of thiophene rings is 1. The number of hydrogen-bond donors (Lipinski definition) is 0. The van der Waals surface area contributed by atoms with E-state index >= 15 is 0 Å². The average molecular weight is 584 g/mol. The average Bonchev–Trinajstić information content (AvgIpc) is 3.49. The van der Waals surface area contributed by atoms with Gasteiger partial charge in [0, 0.05) is 48.4 Å². The first-order valence-electron chi connectivity index (χ1n) is 13.4. The van der Waals surface area contributed by atoms with Gasteiger partial charge in [-0.05, 0) is 61.9 Å². The molecule has 0 aliphatic heterocycles. The third-order valence-corrected chi connectivity index (χ3v) is 7.45. The van der Waals surface area contributed by atoms with Crippen LogP contribution in [-0.4, -0.2) is 73.6 Å².